The maximum absolute atomic E-state index is 9.14. The molecule has 100 valence electrons. The molecule has 0 atom stereocenters. The first-order valence-electron chi connectivity index (χ1n) is 6.65. The standard InChI is InChI=1S/C13H20ClN3O/c1-2-3-6-17(7-8-18)12-9-11(14)15-13(16-12)10-4-5-10/h9-10,18H,2-8H2,1H3. The Labute approximate surface area is 113 Å². The summed E-state index contributed by atoms with van der Waals surface area (Å²) in [7, 11) is 0. The Morgan fingerprint density at radius 3 is 2.78 bits per heavy atom. The van der Waals surface area contributed by atoms with Crippen molar-refractivity contribution in [1.82, 2.24) is 9.97 Å². The summed E-state index contributed by atoms with van der Waals surface area (Å²) in [5, 5.41) is 9.64. The fourth-order valence-corrected chi connectivity index (χ4v) is 2.10. The molecule has 1 aliphatic rings. The van der Waals surface area contributed by atoms with Gasteiger partial charge in [-0.3, -0.25) is 0 Å². The Morgan fingerprint density at radius 1 is 1.39 bits per heavy atom. The second-order valence-corrected chi connectivity index (χ2v) is 5.13. The Hall–Kier alpha value is -0.870. The van der Waals surface area contributed by atoms with Crippen molar-refractivity contribution < 1.29 is 5.11 Å². The molecule has 1 N–H and O–H groups in total. The molecule has 1 aliphatic carbocycles. The van der Waals surface area contributed by atoms with Crippen molar-refractivity contribution in [3.63, 3.8) is 0 Å². The van der Waals surface area contributed by atoms with Crippen LogP contribution in [0.3, 0.4) is 0 Å². The molecule has 1 saturated carbocycles. The van der Waals surface area contributed by atoms with Gasteiger partial charge in [0.25, 0.3) is 0 Å². The van der Waals surface area contributed by atoms with E-state index in [2.05, 4.69) is 21.8 Å². The van der Waals surface area contributed by atoms with Crippen LogP contribution in [0.15, 0.2) is 6.07 Å². The number of nitrogens with zero attached hydrogens (tertiary/aromatic N) is 3. The van der Waals surface area contributed by atoms with Crippen molar-refractivity contribution >= 4 is 17.4 Å². The third-order valence-corrected chi connectivity index (χ3v) is 3.31. The number of unbranched alkanes of at least 4 members (excludes halogenated alkanes) is 1. The van der Waals surface area contributed by atoms with E-state index in [1.54, 1.807) is 6.07 Å². The zero-order chi connectivity index (χ0) is 13.0. The van der Waals surface area contributed by atoms with E-state index >= 15 is 0 Å². The van der Waals surface area contributed by atoms with Gasteiger partial charge < -0.3 is 10.0 Å². The number of halogens is 1. The molecule has 0 amide bonds. The van der Waals surface area contributed by atoms with Crippen molar-refractivity contribution in [2.24, 2.45) is 0 Å². The largest absolute Gasteiger partial charge is 0.395 e. The van der Waals surface area contributed by atoms with Crippen LogP contribution in [0.4, 0.5) is 5.82 Å². The number of hydrogen-bond acceptors (Lipinski definition) is 4. The Balaban J connectivity index is 2.16. The average molecular weight is 270 g/mol. The number of aliphatic hydroxyl groups is 1. The first-order valence-corrected chi connectivity index (χ1v) is 7.02. The summed E-state index contributed by atoms with van der Waals surface area (Å²) in [6.07, 6.45) is 4.53. The Morgan fingerprint density at radius 2 is 2.17 bits per heavy atom. The third-order valence-electron chi connectivity index (χ3n) is 3.12. The van der Waals surface area contributed by atoms with Gasteiger partial charge in [0.1, 0.15) is 16.8 Å². The second kappa shape index (κ2) is 6.34. The molecule has 0 spiro atoms. The van der Waals surface area contributed by atoms with E-state index in [1.807, 2.05) is 0 Å². The lowest BCUT2D eigenvalue weighted by atomic mass is 10.3. The maximum atomic E-state index is 9.14. The van der Waals surface area contributed by atoms with E-state index in [9.17, 15) is 0 Å². The third kappa shape index (κ3) is 3.56. The lowest BCUT2D eigenvalue weighted by Gasteiger charge is -2.23. The van der Waals surface area contributed by atoms with Crippen LogP contribution in [-0.2, 0) is 0 Å². The summed E-state index contributed by atoms with van der Waals surface area (Å²) < 4.78 is 0. The van der Waals surface area contributed by atoms with E-state index in [-0.39, 0.29) is 6.61 Å². The first kappa shape index (κ1) is 13.6. The topological polar surface area (TPSA) is 49.2 Å². The van der Waals surface area contributed by atoms with Crippen molar-refractivity contribution in [3.8, 4) is 0 Å². The molecule has 0 unspecified atom stereocenters. The summed E-state index contributed by atoms with van der Waals surface area (Å²) in [5.74, 6) is 2.20. The molecule has 0 aromatic carbocycles. The van der Waals surface area contributed by atoms with Crippen molar-refractivity contribution in [2.75, 3.05) is 24.6 Å². The monoisotopic (exact) mass is 269 g/mol. The highest BCUT2D eigenvalue weighted by molar-refractivity contribution is 6.29. The van der Waals surface area contributed by atoms with Gasteiger partial charge >= 0.3 is 0 Å². The first-order chi connectivity index (χ1) is 8.74. The molecule has 1 fully saturated rings. The van der Waals surface area contributed by atoms with E-state index in [0.29, 0.717) is 17.6 Å². The highest BCUT2D eigenvalue weighted by Gasteiger charge is 2.27. The molecule has 4 nitrogen and oxygen atoms in total. The van der Waals surface area contributed by atoms with Gasteiger partial charge in [0.05, 0.1) is 6.61 Å². The molecule has 5 heteroatoms. The van der Waals surface area contributed by atoms with E-state index in [1.165, 1.54) is 0 Å². The van der Waals surface area contributed by atoms with Crippen LogP contribution in [0.2, 0.25) is 5.15 Å². The van der Waals surface area contributed by atoms with Gasteiger partial charge in [-0.1, -0.05) is 24.9 Å². The average Bonchev–Trinajstić information content (AvgIpc) is 3.17. The lowest BCUT2D eigenvalue weighted by Crippen LogP contribution is -2.29. The van der Waals surface area contributed by atoms with Gasteiger partial charge in [0.15, 0.2) is 0 Å². The molecule has 0 saturated heterocycles. The SMILES string of the molecule is CCCCN(CCO)c1cc(Cl)nc(C2CC2)n1. The zero-order valence-electron chi connectivity index (χ0n) is 10.8. The van der Waals surface area contributed by atoms with Gasteiger partial charge in [-0.2, -0.15) is 0 Å². The van der Waals surface area contributed by atoms with Gasteiger partial charge in [0.2, 0.25) is 0 Å². The summed E-state index contributed by atoms with van der Waals surface area (Å²) in [6.45, 7) is 3.77. The van der Waals surface area contributed by atoms with Crippen LogP contribution in [0.1, 0.15) is 44.3 Å². The zero-order valence-corrected chi connectivity index (χ0v) is 11.5. The highest BCUT2D eigenvalue weighted by Crippen LogP contribution is 2.39. The van der Waals surface area contributed by atoms with Crippen molar-refractivity contribution in [2.45, 2.75) is 38.5 Å². The Bertz CT molecular complexity index is 396. The fourth-order valence-electron chi connectivity index (χ4n) is 1.92. The summed E-state index contributed by atoms with van der Waals surface area (Å²) in [5.41, 5.74) is 0. The fraction of sp³-hybridized carbons (Fsp3) is 0.692. The molecular weight excluding hydrogens is 250 g/mol. The summed E-state index contributed by atoms with van der Waals surface area (Å²) in [4.78, 5) is 11.0. The molecule has 1 heterocycles. The lowest BCUT2D eigenvalue weighted by molar-refractivity contribution is 0.301. The molecule has 1 aromatic rings. The van der Waals surface area contributed by atoms with Gasteiger partial charge in [-0.15, -0.1) is 0 Å². The summed E-state index contributed by atoms with van der Waals surface area (Å²) >= 11 is 6.06. The van der Waals surface area contributed by atoms with E-state index in [0.717, 1.165) is 43.9 Å². The molecule has 0 bridgehead atoms. The van der Waals surface area contributed by atoms with Gasteiger partial charge in [-0.25, -0.2) is 9.97 Å². The minimum absolute atomic E-state index is 0.129. The normalized spacial score (nSPS) is 14.8. The van der Waals surface area contributed by atoms with Crippen LogP contribution >= 0.6 is 11.6 Å². The number of aliphatic hydroxyl groups excluding tert-OH is 1. The number of anilines is 1. The minimum atomic E-state index is 0.129. The van der Waals surface area contributed by atoms with Crippen molar-refractivity contribution in [3.05, 3.63) is 17.0 Å². The van der Waals surface area contributed by atoms with E-state index in [4.69, 9.17) is 16.7 Å². The molecule has 2 rings (SSSR count). The molecule has 0 radical (unpaired) electrons. The molecule has 18 heavy (non-hydrogen) atoms. The maximum Gasteiger partial charge on any atom is 0.135 e. The molecular formula is C13H20ClN3O. The summed E-state index contributed by atoms with van der Waals surface area (Å²) in [6, 6.07) is 1.79. The number of rotatable bonds is 7. The van der Waals surface area contributed by atoms with Crippen LogP contribution in [-0.4, -0.2) is 34.8 Å². The number of aromatic nitrogens is 2. The van der Waals surface area contributed by atoms with Gasteiger partial charge in [0, 0.05) is 25.1 Å². The quantitative estimate of drug-likeness (QED) is 0.773. The second-order valence-electron chi connectivity index (χ2n) is 4.75. The predicted octanol–water partition coefficient (Wildman–Crippen LogP) is 2.61. The highest BCUT2D eigenvalue weighted by atomic mass is 35.5. The molecule has 1 aromatic heterocycles. The predicted molar refractivity (Wildman–Crippen MR) is 73.2 cm³/mol. The minimum Gasteiger partial charge on any atom is -0.395 e. The molecule has 0 aliphatic heterocycles. The van der Waals surface area contributed by atoms with Crippen LogP contribution in [0.5, 0.6) is 0 Å². The van der Waals surface area contributed by atoms with Crippen molar-refractivity contribution in [1.29, 1.82) is 0 Å². The van der Waals surface area contributed by atoms with E-state index < -0.39 is 0 Å². The smallest absolute Gasteiger partial charge is 0.135 e. The number of hydrogen-bond donors (Lipinski definition) is 1. The van der Waals surface area contributed by atoms with Crippen LogP contribution in [0, 0.1) is 0 Å². The van der Waals surface area contributed by atoms with Crippen LogP contribution in [0.25, 0.3) is 0 Å². The Kier molecular flexibility index (Phi) is 4.78. The van der Waals surface area contributed by atoms with Crippen LogP contribution < -0.4 is 4.90 Å². The van der Waals surface area contributed by atoms with Gasteiger partial charge in [-0.05, 0) is 19.3 Å².